The lowest BCUT2D eigenvalue weighted by Gasteiger charge is -2.30. The van der Waals surface area contributed by atoms with Crippen molar-refractivity contribution in [1.82, 2.24) is 9.21 Å². The number of carbonyl (C=O) groups excluding carboxylic acids is 1. The molecule has 2 aliphatic heterocycles. The van der Waals surface area contributed by atoms with E-state index in [9.17, 15) is 21.6 Å². The van der Waals surface area contributed by atoms with E-state index in [-0.39, 0.29) is 34.3 Å². The smallest absolute Gasteiger partial charge is 0.254 e. The molecule has 3 rings (SSSR count). The van der Waals surface area contributed by atoms with Crippen molar-refractivity contribution in [2.24, 2.45) is 5.92 Å². The molecule has 0 bridgehead atoms. The van der Waals surface area contributed by atoms with Gasteiger partial charge in [0, 0.05) is 31.2 Å². The molecule has 2 fully saturated rings. The number of amides is 1. The fraction of sp³-hybridized carbons (Fsp3) is 0.650. The zero-order chi connectivity index (χ0) is 21.2. The molecule has 0 aliphatic carbocycles. The van der Waals surface area contributed by atoms with Crippen LogP contribution in [-0.4, -0.2) is 69.1 Å². The molecule has 2 saturated heterocycles. The average Bonchev–Trinajstić information content (AvgIpc) is 3.05. The van der Waals surface area contributed by atoms with Crippen LogP contribution in [0.5, 0.6) is 0 Å². The van der Waals surface area contributed by atoms with Crippen LogP contribution in [-0.2, 0) is 19.9 Å². The molecule has 29 heavy (non-hydrogen) atoms. The van der Waals surface area contributed by atoms with Gasteiger partial charge in [0.25, 0.3) is 5.91 Å². The second kappa shape index (κ2) is 8.73. The van der Waals surface area contributed by atoms with Gasteiger partial charge in [-0.3, -0.25) is 4.79 Å². The van der Waals surface area contributed by atoms with Crippen LogP contribution in [0, 0.1) is 5.92 Å². The van der Waals surface area contributed by atoms with Gasteiger partial charge < -0.3 is 4.90 Å². The number of carbonyl (C=O) groups is 1. The number of sulfonamides is 1. The Balaban J connectivity index is 1.80. The number of hydrogen-bond donors (Lipinski definition) is 0. The summed E-state index contributed by atoms with van der Waals surface area (Å²) < 4.78 is 50.9. The first-order chi connectivity index (χ1) is 13.6. The zero-order valence-electron chi connectivity index (χ0n) is 17.1. The summed E-state index contributed by atoms with van der Waals surface area (Å²) in [5, 5.41) is 0. The summed E-state index contributed by atoms with van der Waals surface area (Å²) in [6.07, 6.45) is 3.22. The Kier molecular flexibility index (Phi) is 6.70. The molecular formula is C20H30N2O5S2. The third kappa shape index (κ3) is 5.19. The molecule has 2 aliphatic rings. The van der Waals surface area contributed by atoms with Crippen molar-refractivity contribution in [2.75, 3.05) is 31.1 Å². The maximum Gasteiger partial charge on any atom is 0.254 e. The van der Waals surface area contributed by atoms with Gasteiger partial charge in [0.2, 0.25) is 10.0 Å². The Morgan fingerprint density at radius 1 is 1.14 bits per heavy atom. The van der Waals surface area contributed by atoms with E-state index in [0.29, 0.717) is 31.6 Å². The van der Waals surface area contributed by atoms with Crippen molar-refractivity contribution in [2.45, 2.75) is 50.5 Å². The predicted molar refractivity (Wildman–Crippen MR) is 112 cm³/mol. The number of piperidine rings is 1. The van der Waals surface area contributed by atoms with Gasteiger partial charge in [-0.15, -0.1) is 0 Å². The van der Waals surface area contributed by atoms with Crippen molar-refractivity contribution < 1.29 is 21.6 Å². The molecule has 0 unspecified atom stereocenters. The summed E-state index contributed by atoms with van der Waals surface area (Å²) in [5.74, 6) is 0.0446. The molecule has 1 aromatic carbocycles. The van der Waals surface area contributed by atoms with Crippen LogP contribution in [0.4, 0.5) is 0 Å². The van der Waals surface area contributed by atoms with E-state index >= 15 is 0 Å². The molecule has 7 nitrogen and oxygen atoms in total. The van der Waals surface area contributed by atoms with Gasteiger partial charge in [0.1, 0.15) is 0 Å². The molecule has 0 aromatic heterocycles. The van der Waals surface area contributed by atoms with E-state index in [1.807, 2.05) is 13.8 Å². The summed E-state index contributed by atoms with van der Waals surface area (Å²) in [7, 11) is -6.65. The highest BCUT2D eigenvalue weighted by Crippen LogP contribution is 2.24. The fourth-order valence-corrected chi connectivity index (χ4v) is 7.25. The van der Waals surface area contributed by atoms with Crippen LogP contribution < -0.4 is 0 Å². The quantitative estimate of drug-likeness (QED) is 0.673. The first kappa shape index (κ1) is 22.2. The summed E-state index contributed by atoms with van der Waals surface area (Å²) in [5.41, 5.74) is 0.382. The van der Waals surface area contributed by atoms with E-state index in [1.165, 1.54) is 28.6 Å². The Hall–Kier alpha value is -1.45. The average molecular weight is 443 g/mol. The summed E-state index contributed by atoms with van der Waals surface area (Å²) in [6.45, 7) is 5.49. The second-order valence-electron chi connectivity index (χ2n) is 8.40. The molecule has 0 spiro atoms. The Morgan fingerprint density at radius 3 is 2.28 bits per heavy atom. The highest BCUT2D eigenvalue weighted by atomic mass is 32.2. The van der Waals surface area contributed by atoms with Gasteiger partial charge >= 0.3 is 0 Å². The SMILES string of the molecule is CC(C)CN(C(=O)c1ccc(S(=O)(=O)N2CCCCC2)cc1)[C@H]1CCS(=O)(=O)C1. The zero-order valence-corrected chi connectivity index (χ0v) is 18.7. The predicted octanol–water partition coefficient (Wildman–Crippen LogP) is 2.15. The highest BCUT2D eigenvalue weighted by molar-refractivity contribution is 7.91. The topological polar surface area (TPSA) is 91.8 Å². The minimum atomic E-state index is -3.55. The maximum absolute atomic E-state index is 13.1. The third-order valence-corrected chi connectivity index (χ3v) is 9.19. The molecule has 0 saturated carbocycles. The number of nitrogens with zero attached hydrogens (tertiary/aromatic N) is 2. The standard InChI is InChI=1S/C20H30N2O5S2/c1-16(2)14-22(18-10-13-28(24,25)15-18)20(23)17-6-8-19(9-7-17)29(26,27)21-11-4-3-5-12-21/h6-9,16,18H,3-5,10-15H2,1-2H3/t18-/m0/s1. The molecule has 9 heteroatoms. The van der Waals surface area contributed by atoms with Crippen molar-refractivity contribution >= 4 is 25.8 Å². The Morgan fingerprint density at radius 2 is 1.76 bits per heavy atom. The molecule has 162 valence electrons. The van der Waals surface area contributed by atoms with E-state index in [1.54, 1.807) is 4.90 Å². The lowest BCUT2D eigenvalue weighted by molar-refractivity contribution is 0.0672. The van der Waals surface area contributed by atoms with Crippen molar-refractivity contribution in [3.05, 3.63) is 29.8 Å². The van der Waals surface area contributed by atoms with Crippen LogP contribution in [0.2, 0.25) is 0 Å². The van der Waals surface area contributed by atoms with E-state index in [0.717, 1.165) is 19.3 Å². The van der Waals surface area contributed by atoms with Crippen LogP contribution in [0.15, 0.2) is 29.2 Å². The summed E-state index contributed by atoms with van der Waals surface area (Å²) in [6, 6.07) is 5.71. The molecule has 2 heterocycles. The minimum absolute atomic E-state index is 0.00706. The number of rotatable bonds is 6. The number of hydrogen-bond acceptors (Lipinski definition) is 5. The van der Waals surface area contributed by atoms with Crippen LogP contribution >= 0.6 is 0 Å². The Bertz CT molecular complexity index is 934. The lowest BCUT2D eigenvalue weighted by Crippen LogP contribution is -2.43. The van der Waals surface area contributed by atoms with Crippen LogP contribution in [0.3, 0.4) is 0 Å². The monoisotopic (exact) mass is 442 g/mol. The molecular weight excluding hydrogens is 412 g/mol. The first-order valence-electron chi connectivity index (χ1n) is 10.2. The van der Waals surface area contributed by atoms with E-state index < -0.39 is 19.9 Å². The summed E-state index contributed by atoms with van der Waals surface area (Å²) in [4.78, 5) is 14.9. The third-order valence-electron chi connectivity index (χ3n) is 5.53. The normalized spacial score (nSPS) is 22.7. The van der Waals surface area contributed by atoms with Gasteiger partial charge in [-0.1, -0.05) is 20.3 Å². The minimum Gasteiger partial charge on any atom is -0.334 e. The Labute approximate surface area is 174 Å². The van der Waals surface area contributed by atoms with Gasteiger partial charge in [-0.25, -0.2) is 16.8 Å². The molecule has 1 amide bonds. The van der Waals surface area contributed by atoms with E-state index in [4.69, 9.17) is 0 Å². The van der Waals surface area contributed by atoms with Crippen molar-refractivity contribution in [1.29, 1.82) is 0 Å². The second-order valence-corrected chi connectivity index (χ2v) is 12.6. The van der Waals surface area contributed by atoms with Gasteiger partial charge in [-0.2, -0.15) is 4.31 Å². The molecule has 1 atom stereocenters. The molecule has 0 radical (unpaired) electrons. The van der Waals surface area contributed by atoms with Crippen LogP contribution in [0.1, 0.15) is 49.9 Å². The van der Waals surface area contributed by atoms with E-state index in [2.05, 4.69) is 0 Å². The number of benzene rings is 1. The van der Waals surface area contributed by atoms with Crippen LogP contribution in [0.25, 0.3) is 0 Å². The molecule has 0 N–H and O–H groups in total. The van der Waals surface area contributed by atoms with Gasteiger partial charge in [0.15, 0.2) is 9.84 Å². The lowest BCUT2D eigenvalue weighted by atomic mass is 10.1. The van der Waals surface area contributed by atoms with Crippen molar-refractivity contribution in [3.63, 3.8) is 0 Å². The highest BCUT2D eigenvalue weighted by Gasteiger charge is 2.35. The van der Waals surface area contributed by atoms with Crippen molar-refractivity contribution in [3.8, 4) is 0 Å². The largest absolute Gasteiger partial charge is 0.334 e. The summed E-state index contributed by atoms with van der Waals surface area (Å²) >= 11 is 0. The first-order valence-corrected chi connectivity index (χ1v) is 13.5. The van der Waals surface area contributed by atoms with Gasteiger partial charge in [-0.05, 0) is 49.4 Å². The molecule has 1 aromatic rings. The fourth-order valence-electron chi connectivity index (χ4n) is 4.00. The van der Waals surface area contributed by atoms with Gasteiger partial charge in [0.05, 0.1) is 16.4 Å². The number of sulfone groups is 1. The maximum atomic E-state index is 13.1.